The summed E-state index contributed by atoms with van der Waals surface area (Å²) in [7, 11) is -3.70. The number of primary sulfonamides is 1. The molecule has 1 heterocycles. The average molecular weight is 285 g/mol. The number of sulfonamides is 1. The summed E-state index contributed by atoms with van der Waals surface area (Å²) in [4.78, 5) is 4.19. The minimum absolute atomic E-state index is 0.00626. The molecule has 1 aromatic heterocycles. The lowest BCUT2D eigenvalue weighted by Gasteiger charge is -2.22. The lowest BCUT2D eigenvalue weighted by molar-refractivity contribution is 0.315. The van der Waals surface area contributed by atoms with E-state index in [2.05, 4.69) is 11.9 Å². The van der Waals surface area contributed by atoms with Crippen molar-refractivity contribution in [3.63, 3.8) is 0 Å². The summed E-state index contributed by atoms with van der Waals surface area (Å²) in [6, 6.07) is 0. The van der Waals surface area contributed by atoms with E-state index < -0.39 is 10.0 Å². The van der Waals surface area contributed by atoms with Crippen LogP contribution in [0.2, 0.25) is 0 Å². The highest BCUT2D eigenvalue weighted by molar-refractivity contribution is 7.89. The van der Waals surface area contributed by atoms with Crippen LogP contribution in [0.3, 0.4) is 0 Å². The highest BCUT2D eigenvalue weighted by Crippen LogP contribution is 2.26. The Labute approximate surface area is 115 Å². The van der Waals surface area contributed by atoms with E-state index in [1.165, 1.54) is 32.1 Å². The first kappa shape index (κ1) is 14.5. The molecule has 5 nitrogen and oxygen atoms in total. The molecule has 0 spiro atoms. The van der Waals surface area contributed by atoms with Crippen LogP contribution < -0.4 is 5.14 Å². The molecule has 19 heavy (non-hydrogen) atoms. The van der Waals surface area contributed by atoms with Gasteiger partial charge >= 0.3 is 0 Å². The highest BCUT2D eigenvalue weighted by atomic mass is 32.2. The summed E-state index contributed by atoms with van der Waals surface area (Å²) in [6.07, 6.45) is 9.70. The van der Waals surface area contributed by atoms with Crippen molar-refractivity contribution in [2.45, 2.75) is 63.4 Å². The van der Waals surface area contributed by atoms with Gasteiger partial charge in [-0.2, -0.15) is 0 Å². The number of imidazole rings is 1. The van der Waals surface area contributed by atoms with Crippen LogP contribution in [0.25, 0.3) is 0 Å². The molecule has 1 aromatic rings. The van der Waals surface area contributed by atoms with Gasteiger partial charge in [-0.1, -0.05) is 26.2 Å². The Morgan fingerprint density at radius 2 is 2.05 bits per heavy atom. The smallest absolute Gasteiger partial charge is 0.257 e. The van der Waals surface area contributed by atoms with Crippen molar-refractivity contribution in [3.05, 3.63) is 12.0 Å². The quantitative estimate of drug-likeness (QED) is 0.899. The third-order valence-electron chi connectivity index (χ3n) is 3.78. The molecule has 0 atom stereocenters. The molecule has 1 fully saturated rings. The molecule has 0 bridgehead atoms. The molecule has 1 aliphatic rings. The van der Waals surface area contributed by atoms with E-state index in [4.69, 9.17) is 5.14 Å². The summed E-state index contributed by atoms with van der Waals surface area (Å²) < 4.78 is 24.8. The van der Waals surface area contributed by atoms with Gasteiger partial charge in [-0.15, -0.1) is 0 Å². The number of rotatable bonds is 5. The first-order valence-electron chi connectivity index (χ1n) is 7.09. The third-order valence-corrected chi connectivity index (χ3v) is 4.56. The predicted molar refractivity (Wildman–Crippen MR) is 74.2 cm³/mol. The van der Waals surface area contributed by atoms with Gasteiger partial charge < -0.3 is 4.57 Å². The third kappa shape index (κ3) is 3.79. The molecule has 0 saturated heterocycles. The SMILES string of the molecule is CCCc1nc(S(N)(=O)=O)cn1CC1CCCCC1. The molecule has 0 radical (unpaired) electrons. The molecule has 108 valence electrons. The van der Waals surface area contributed by atoms with E-state index in [0.29, 0.717) is 5.92 Å². The van der Waals surface area contributed by atoms with Crippen LogP contribution in [0.1, 0.15) is 51.3 Å². The molecule has 2 rings (SSSR count). The van der Waals surface area contributed by atoms with Crippen molar-refractivity contribution in [1.29, 1.82) is 0 Å². The standard InChI is InChI=1S/C13H23N3O2S/c1-2-6-12-15-13(19(14,17)18)10-16(12)9-11-7-4-3-5-8-11/h10-11H,2-9H2,1H3,(H2,14,17,18). The zero-order valence-electron chi connectivity index (χ0n) is 11.5. The second kappa shape index (κ2) is 6.05. The number of nitrogens with two attached hydrogens (primary N) is 1. The van der Waals surface area contributed by atoms with Gasteiger partial charge in [0, 0.05) is 19.2 Å². The fraction of sp³-hybridized carbons (Fsp3) is 0.769. The predicted octanol–water partition coefficient (Wildman–Crippen LogP) is 2.06. The molecule has 0 aromatic carbocycles. The summed E-state index contributed by atoms with van der Waals surface area (Å²) in [5, 5.41) is 5.17. The maximum atomic E-state index is 11.4. The van der Waals surface area contributed by atoms with Crippen LogP contribution in [-0.2, 0) is 23.0 Å². The minimum Gasteiger partial charge on any atom is -0.333 e. The van der Waals surface area contributed by atoms with Gasteiger partial charge in [-0.3, -0.25) is 0 Å². The molecular weight excluding hydrogens is 262 g/mol. The van der Waals surface area contributed by atoms with Crippen LogP contribution in [0.4, 0.5) is 0 Å². The van der Waals surface area contributed by atoms with Crippen molar-refractivity contribution in [2.24, 2.45) is 11.1 Å². The van der Waals surface area contributed by atoms with E-state index in [-0.39, 0.29) is 5.03 Å². The number of hydrogen-bond donors (Lipinski definition) is 1. The van der Waals surface area contributed by atoms with E-state index >= 15 is 0 Å². The molecular formula is C13H23N3O2S. The second-order valence-corrected chi connectivity index (χ2v) is 6.96. The fourth-order valence-corrected chi connectivity index (χ4v) is 3.30. The normalized spacial score (nSPS) is 17.8. The second-order valence-electron chi connectivity index (χ2n) is 5.45. The minimum atomic E-state index is -3.70. The van der Waals surface area contributed by atoms with Crippen molar-refractivity contribution in [3.8, 4) is 0 Å². The first-order valence-corrected chi connectivity index (χ1v) is 8.64. The van der Waals surface area contributed by atoms with E-state index in [1.54, 1.807) is 6.20 Å². The lowest BCUT2D eigenvalue weighted by atomic mass is 9.89. The lowest BCUT2D eigenvalue weighted by Crippen LogP contribution is -2.15. The van der Waals surface area contributed by atoms with Gasteiger partial charge in [0.05, 0.1) is 0 Å². The van der Waals surface area contributed by atoms with Crippen molar-refractivity contribution in [2.75, 3.05) is 0 Å². The zero-order chi connectivity index (χ0) is 13.9. The Hall–Kier alpha value is -0.880. The van der Waals surface area contributed by atoms with Crippen LogP contribution >= 0.6 is 0 Å². The zero-order valence-corrected chi connectivity index (χ0v) is 12.3. The van der Waals surface area contributed by atoms with Crippen LogP contribution in [0, 0.1) is 5.92 Å². The van der Waals surface area contributed by atoms with Crippen molar-refractivity contribution >= 4 is 10.0 Å². The van der Waals surface area contributed by atoms with E-state index in [0.717, 1.165) is 25.2 Å². The Balaban J connectivity index is 2.19. The summed E-state index contributed by atoms with van der Waals surface area (Å²) >= 11 is 0. The summed E-state index contributed by atoms with van der Waals surface area (Å²) in [5.74, 6) is 1.49. The summed E-state index contributed by atoms with van der Waals surface area (Å²) in [6.45, 7) is 2.94. The Kier molecular flexibility index (Phi) is 4.62. The maximum absolute atomic E-state index is 11.4. The first-order chi connectivity index (χ1) is 9.00. The average Bonchev–Trinajstić information content (AvgIpc) is 2.74. The maximum Gasteiger partial charge on any atom is 0.257 e. The van der Waals surface area contributed by atoms with Crippen LogP contribution in [0.5, 0.6) is 0 Å². The van der Waals surface area contributed by atoms with Gasteiger partial charge in [0.25, 0.3) is 10.0 Å². The Morgan fingerprint density at radius 1 is 1.37 bits per heavy atom. The summed E-state index contributed by atoms with van der Waals surface area (Å²) in [5.41, 5.74) is 0. The van der Waals surface area contributed by atoms with Crippen molar-refractivity contribution < 1.29 is 8.42 Å². The number of nitrogens with zero attached hydrogens (tertiary/aromatic N) is 2. The molecule has 1 aliphatic carbocycles. The van der Waals surface area contributed by atoms with E-state index in [9.17, 15) is 8.42 Å². The highest BCUT2D eigenvalue weighted by Gasteiger charge is 2.19. The van der Waals surface area contributed by atoms with Crippen LogP contribution in [-0.4, -0.2) is 18.0 Å². The van der Waals surface area contributed by atoms with Gasteiger partial charge in [0.15, 0.2) is 5.03 Å². The van der Waals surface area contributed by atoms with Gasteiger partial charge in [-0.25, -0.2) is 18.5 Å². The fourth-order valence-electron chi connectivity index (χ4n) is 2.79. The molecule has 0 unspecified atom stereocenters. The number of aromatic nitrogens is 2. The van der Waals surface area contributed by atoms with Crippen molar-refractivity contribution in [1.82, 2.24) is 9.55 Å². The monoisotopic (exact) mass is 285 g/mol. The van der Waals surface area contributed by atoms with E-state index in [1.807, 2.05) is 4.57 Å². The molecule has 1 saturated carbocycles. The molecule has 0 amide bonds. The Morgan fingerprint density at radius 3 is 2.63 bits per heavy atom. The van der Waals surface area contributed by atoms with Gasteiger partial charge in [-0.05, 0) is 25.2 Å². The topological polar surface area (TPSA) is 78.0 Å². The van der Waals surface area contributed by atoms with Crippen LogP contribution in [0.15, 0.2) is 11.2 Å². The van der Waals surface area contributed by atoms with Gasteiger partial charge in [0.1, 0.15) is 5.82 Å². The Bertz CT molecular complexity index is 516. The largest absolute Gasteiger partial charge is 0.333 e. The molecule has 6 heteroatoms. The van der Waals surface area contributed by atoms with Gasteiger partial charge in [0.2, 0.25) is 0 Å². The molecule has 0 aliphatic heterocycles. The number of hydrogen-bond acceptors (Lipinski definition) is 3. The molecule has 2 N–H and O–H groups in total. The number of aryl methyl sites for hydroxylation is 1.